The van der Waals surface area contributed by atoms with Gasteiger partial charge in [-0.2, -0.15) is 0 Å². The van der Waals surface area contributed by atoms with Crippen LogP contribution < -0.4 is 10.6 Å². The number of rotatable bonds is 2. The lowest BCUT2D eigenvalue weighted by atomic mass is 10.2. The van der Waals surface area contributed by atoms with Crippen molar-refractivity contribution in [3.05, 3.63) is 24.3 Å². The van der Waals surface area contributed by atoms with Crippen LogP contribution >= 0.6 is 0 Å². The quantitative estimate of drug-likeness (QED) is 0.660. The first-order valence-corrected chi connectivity index (χ1v) is 5.19. The van der Waals surface area contributed by atoms with Crippen molar-refractivity contribution in [2.45, 2.75) is 12.5 Å². The Morgan fingerprint density at radius 3 is 2.94 bits per heavy atom. The second-order valence-corrected chi connectivity index (χ2v) is 3.68. The predicted molar refractivity (Wildman–Crippen MR) is 59.5 cm³/mol. The summed E-state index contributed by atoms with van der Waals surface area (Å²) in [6, 6.07) is 6.34. The van der Waals surface area contributed by atoms with Crippen LogP contribution in [-0.2, 0) is 4.74 Å². The maximum absolute atomic E-state index is 11.5. The Balaban J connectivity index is 1.89. The third-order valence-electron chi connectivity index (χ3n) is 2.42. The van der Waals surface area contributed by atoms with Gasteiger partial charge in [-0.3, -0.25) is 0 Å². The fraction of sp³-hybridized carbons (Fsp3) is 0.364. The van der Waals surface area contributed by atoms with E-state index < -0.39 is 0 Å². The van der Waals surface area contributed by atoms with Crippen molar-refractivity contribution in [3.8, 4) is 5.75 Å². The molecule has 1 atom stereocenters. The molecule has 3 N–H and O–H groups in total. The molecule has 5 nitrogen and oxygen atoms in total. The molecule has 16 heavy (non-hydrogen) atoms. The number of hydrogen-bond donors (Lipinski definition) is 3. The molecule has 5 heteroatoms. The molecule has 1 aliphatic heterocycles. The first-order chi connectivity index (χ1) is 7.75. The molecule has 0 bridgehead atoms. The van der Waals surface area contributed by atoms with Crippen LogP contribution in [0.5, 0.6) is 5.75 Å². The van der Waals surface area contributed by atoms with Crippen LogP contribution in [0.3, 0.4) is 0 Å². The zero-order valence-electron chi connectivity index (χ0n) is 8.77. The summed E-state index contributed by atoms with van der Waals surface area (Å²) in [4.78, 5) is 11.5. The number of nitrogens with one attached hydrogen (secondary N) is 2. The SMILES string of the molecule is O=C(Nc1ccccc1O)NC1CCOC1. The van der Waals surface area contributed by atoms with Gasteiger partial charge in [0, 0.05) is 6.61 Å². The van der Waals surface area contributed by atoms with Crippen LogP contribution in [0, 0.1) is 0 Å². The molecule has 1 aromatic rings. The van der Waals surface area contributed by atoms with Crippen LogP contribution in [0.25, 0.3) is 0 Å². The summed E-state index contributed by atoms with van der Waals surface area (Å²) in [5.74, 6) is 0.0559. The Morgan fingerprint density at radius 1 is 1.44 bits per heavy atom. The number of aromatic hydroxyl groups is 1. The Kier molecular flexibility index (Phi) is 3.26. The van der Waals surface area contributed by atoms with Gasteiger partial charge < -0.3 is 20.5 Å². The number of hydrogen-bond acceptors (Lipinski definition) is 3. The number of anilines is 1. The normalized spacial score (nSPS) is 19.4. The van der Waals surface area contributed by atoms with E-state index in [2.05, 4.69) is 10.6 Å². The summed E-state index contributed by atoms with van der Waals surface area (Å²) in [5.41, 5.74) is 0.402. The molecule has 0 spiro atoms. The highest BCUT2D eigenvalue weighted by Gasteiger charge is 2.17. The van der Waals surface area contributed by atoms with Gasteiger partial charge in [-0.05, 0) is 18.6 Å². The van der Waals surface area contributed by atoms with Crippen LogP contribution in [0.1, 0.15) is 6.42 Å². The minimum absolute atomic E-state index is 0.0559. The lowest BCUT2D eigenvalue weighted by molar-refractivity contribution is 0.189. The number of amides is 2. The van der Waals surface area contributed by atoms with Crippen LogP contribution in [0.4, 0.5) is 10.5 Å². The van der Waals surface area contributed by atoms with Gasteiger partial charge in [-0.25, -0.2) is 4.79 Å². The molecule has 0 radical (unpaired) electrons. The van der Waals surface area contributed by atoms with Crippen molar-refractivity contribution >= 4 is 11.7 Å². The molecule has 2 amide bonds. The number of carbonyl (C=O) groups is 1. The van der Waals surface area contributed by atoms with Gasteiger partial charge in [-0.15, -0.1) is 0 Å². The summed E-state index contributed by atoms with van der Waals surface area (Å²) in [7, 11) is 0. The Labute approximate surface area is 93.4 Å². The lowest BCUT2D eigenvalue weighted by Gasteiger charge is -2.12. The van der Waals surface area contributed by atoms with Crippen LogP contribution in [0.15, 0.2) is 24.3 Å². The van der Waals surface area contributed by atoms with Crippen LogP contribution in [0.2, 0.25) is 0 Å². The monoisotopic (exact) mass is 222 g/mol. The average molecular weight is 222 g/mol. The molecule has 1 unspecified atom stereocenters. The average Bonchev–Trinajstić information content (AvgIpc) is 2.74. The van der Waals surface area contributed by atoms with E-state index in [9.17, 15) is 9.90 Å². The van der Waals surface area contributed by atoms with E-state index in [0.29, 0.717) is 18.9 Å². The van der Waals surface area contributed by atoms with E-state index in [0.717, 1.165) is 6.42 Å². The van der Waals surface area contributed by atoms with E-state index >= 15 is 0 Å². The number of benzene rings is 1. The summed E-state index contributed by atoms with van der Waals surface area (Å²) in [6.07, 6.45) is 0.828. The number of urea groups is 1. The molecule has 86 valence electrons. The van der Waals surface area contributed by atoms with Gasteiger partial charge in [0.2, 0.25) is 0 Å². The van der Waals surface area contributed by atoms with Gasteiger partial charge in [-0.1, -0.05) is 12.1 Å². The van der Waals surface area contributed by atoms with Gasteiger partial charge in [0.15, 0.2) is 0 Å². The molecule has 0 aliphatic carbocycles. The molecule has 2 rings (SSSR count). The van der Waals surface area contributed by atoms with Crippen LogP contribution in [-0.4, -0.2) is 30.4 Å². The van der Waals surface area contributed by atoms with Gasteiger partial charge in [0.05, 0.1) is 18.3 Å². The molecular formula is C11H14N2O3. The third kappa shape index (κ3) is 2.64. The highest BCUT2D eigenvalue weighted by Crippen LogP contribution is 2.21. The largest absolute Gasteiger partial charge is 0.506 e. The highest BCUT2D eigenvalue weighted by atomic mass is 16.5. The molecule has 1 aromatic carbocycles. The third-order valence-corrected chi connectivity index (χ3v) is 2.42. The number of para-hydroxylation sites is 2. The number of carbonyl (C=O) groups excluding carboxylic acids is 1. The Morgan fingerprint density at radius 2 is 2.25 bits per heavy atom. The van der Waals surface area contributed by atoms with E-state index in [4.69, 9.17) is 4.74 Å². The van der Waals surface area contributed by atoms with Crippen molar-refractivity contribution in [2.24, 2.45) is 0 Å². The van der Waals surface area contributed by atoms with Crippen molar-refractivity contribution in [3.63, 3.8) is 0 Å². The first-order valence-electron chi connectivity index (χ1n) is 5.19. The zero-order chi connectivity index (χ0) is 11.4. The second kappa shape index (κ2) is 4.85. The lowest BCUT2D eigenvalue weighted by Crippen LogP contribution is -2.38. The summed E-state index contributed by atoms with van der Waals surface area (Å²) < 4.78 is 5.14. The van der Waals surface area contributed by atoms with E-state index in [1.165, 1.54) is 6.07 Å². The number of phenols is 1. The summed E-state index contributed by atoms with van der Waals surface area (Å²) in [6.45, 7) is 1.23. The van der Waals surface area contributed by atoms with E-state index in [-0.39, 0.29) is 17.8 Å². The molecular weight excluding hydrogens is 208 g/mol. The van der Waals surface area contributed by atoms with Gasteiger partial charge in [0.25, 0.3) is 0 Å². The molecule has 0 saturated carbocycles. The minimum atomic E-state index is -0.322. The maximum Gasteiger partial charge on any atom is 0.319 e. The Hall–Kier alpha value is -1.75. The molecule has 1 heterocycles. The Bertz CT molecular complexity index is 375. The van der Waals surface area contributed by atoms with Gasteiger partial charge >= 0.3 is 6.03 Å². The molecule has 1 saturated heterocycles. The van der Waals surface area contributed by atoms with Crippen molar-refractivity contribution < 1.29 is 14.6 Å². The maximum atomic E-state index is 11.5. The fourth-order valence-corrected chi connectivity index (χ4v) is 1.57. The van der Waals surface area contributed by atoms with E-state index in [1.54, 1.807) is 18.2 Å². The van der Waals surface area contributed by atoms with Crippen molar-refractivity contribution in [1.29, 1.82) is 0 Å². The summed E-state index contributed by atoms with van der Waals surface area (Å²) >= 11 is 0. The smallest absolute Gasteiger partial charge is 0.319 e. The standard InChI is InChI=1S/C11H14N2O3/c14-10-4-2-1-3-9(10)13-11(15)12-8-5-6-16-7-8/h1-4,8,14H,5-7H2,(H2,12,13,15). The number of ether oxygens (including phenoxy) is 1. The van der Waals surface area contributed by atoms with Crippen molar-refractivity contribution in [2.75, 3.05) is 18.5 Å². The topological polar surface area (TPSA) is 70.6 Å². The summed E-state index contributed by atoms with van der Waals surface area (Å²) in [5, 5.41) is 14.8. The first kappa shape index (κ1) is 10.8. The zero-order valence-corrected chi connectivity index (χ0v) is 8.77. The molecule has 0 aromatic heterocycles. The molecule has 1 aliphatic rings. The second-order valence-electron chi connectivity index (χ2n) is 3.68. The van der Waals surface area contributed by atoms with E-state index in [1.807, 2.05) is 0 Å². The van der Waals surface area contributed by atoms with Crippen molar-refractivity contribution in [1.82, 2.24) is 5.32 Å². The highest BCUT2D eigenvalue weighted by molar-refractivity contribution is 5.90. The predicted octanol–water partition coefficient (Wildman–Crippen LogP) is 1.30. The molecule has 1 fully saturated rings. The fourth-order valence-electron chi connectivity index (χ4n) is 1.57. The van der Waals surface area contributed by atoms with Gasteiger partial charge in [0.1, 0.15) is 5.75 Å². The minimum Gasteiger partial charge on any atom is -0.506 e. The number of phenolic OH excluding ortho intramolecular Hbond substituents is 1.